The van der Waals surface area contributed by atoms with Crippen molar-refractivity contribution < 1.29 is 14.3 Å². The molecule has 0 unspecified atom stereocenters. The molecule has 1 aromatic carbocycles. The van der Waals surface area contributed by atoms with Crippen LogP contribution >= 0.6 is 0 Å². The van der Waals surface area contributed by atoms with Gasteiger partial charge in [-0.15, -0.1) is 0 Å². The third kappa shape index (κ3) is 3.87. The summed E-state index contributed by atoms with van der Waals surface area (Å²) >= 11 is 0. The summed E-state index contributed by atoms with van der Waals surface area (Å²) in [7, 11) is 0. The molecule has 2 atom stereocenters. The van der Waals surface area contributed by atoms with Gasteiger partial charge < -0.3 is 15.7 Å². The minimum atomic E-state index is -0.435. The molecule has 122 valence electrons. The van der Waals surface area contributed by atoms with Crippen LogP contribution in [-0.4, -0.2) is 33.6 Å². The second kappa shape index (κ2) is 6.78. The highest BCUT2D eigenvalue weighted by molar-refractivity contribution is 5.91. The molecule has 1 saturated carbocycles. The zero-order chi connectivity index (χ0) is 16.2. The number of rotatable bonds is 4. The van der Waals surface area contributed by atoms with E-state index in [0.29, 0.717) is 24.3 Å². The Morgan fingerprint density at radius 1 is 1.43 bits per heavy atom. The number of urea groups is 1. The number of nitrogens with one attached hydrogen (secondary N) is 2. The molecule has 1 fully saturated rings. The van der Waals surface area contributed by atoms with Crippen molar-refractivity contribution in [2.45, 2.75) is 25.4 Å². The molecule has 1 aliphatic rings. The molecule has 2 aromatic rings. The van der Waals surface area contributed by atoms with Crippen molar-refractivity contribution in [1.29, 1.82) is 0 Å². The number of aromatic nitrogens is 2. The Kier molecular flexibility index (Phi) is 4.57. The number of aliphatic hydroxyl groups excluding tert-OH is 1. The first kappa shape index (κ1) is 15.5. The number of benzene rings is 1. The van der Waals surface area contributed by atoms with Gasteiger partial charge >= 0.3 is 6.03 Å². The number of halogens is 1. The maximum absolute atomic E-state index is 13.5. The monoisotopic (exact) mass is 318 g/mol. The van der Waals surface area contributed by atoms with Crippen molar-refractivity contribution in [1.82, 2.24) is 15.1 Å². The number of aliphatic hydroxyl groups is 1. The Bertz CT molecular complexity index is 675. The Morgan fingerprint density at radius 2 is 2.30 bits per heavy atom. The fourth-order valence-corrected chi connectivity index (χ4v) is 2.86. The third-order valence-corrected chi connectivity index (χ3v) is 4.02. The molecule has 3 rings (SSSR count). The van der Waals surface area contributed by atoms with E-state index in [1.165, 1.54) is 12.1 Å². The fraction of sp³-hybridized carbons (Fsp3) is 0.375. The molecule has 1 aliphatic carbocycles. The van der Waals surface area contributed by atoms with E-state index in [4.69, 9.17) is 0 Å². The summed E-state index contributed by atoms with van der Waals surface area (Å²) in [4.78, 5) is 12.0. The average molecular weight is 318 g/mol. The van der Waals surface area contributed by atoms with Crippen LogP contribution in [0.3, 0.4) is 0 Å². The van der Waals surface area contributed by atoms with Gasteiger partial charge in [0, 0.05) is 18.9 Å². The number of hydrogen-bond donors (Lipinski definition) is 3. The standard InChI is InChI=1S/C16H19FN4O2/c17-12-3-5-15(21-7-1-6-19-21)14(9-12)20-16(23)18-10-11-2-4-13(22)8-11/h1,3,5-7,9,11,13,22H,2,4,8,10H2,(H2,18,20,23)/t11-,13-/m1/s1. The molecular weight excluding hydrogens is 299 g/mol. The van der Waals surface area contributed by atoms with Crippen molar-refractivity contribution >= 4 is 11.7 Å². The number of hydrogen-bond acceptors (Lipinski definition) is 3. The SMILES string of the molecule is O=C(NC[C@@H]1CC[C@@H](O)C1)Nc1cc(F)ccc1-n1cccn1. The maximum Gasteiger partial charge on any atom is 0.319 e. The number of carbonyl (C=O) groups is 1. The molecule has 0 spiro atoms. The lowest BCUT2D eigenvalue weighted by atomic mass is 10.1. The van der Waals surface area contributed by atoms with Gasteiger partial charge in [-0.2, -0.15) is 5.10 Å². The topological polar surface area (TPSA) is 79.2 Å². The quantitative estimate of drug-likeness (QED) is 0.809. The van der Waals surface area contributed by atoms with Gasteiger partial charge in [0.1, 0.15) is 5.82 Å². The van der Waals surface area contributed by atoms with Crippen molar-refractivity contribution in [2.75, 3.05) is 11.9 Å². The van der Waals surface area contributed by atoms with E-state index in [9.17, 15) is 14.3 Å². The van der Waals surface area contributed by atoms with Gasteiger partial charge in [-0.05, 0) is 49.4 Å². The lowest BCUT2D eigenvalue weighted by Crippen LogP contribution is -2.33. The summed E-state index contributed by atoms with van der Waals surface area (Å²) in [6.07, 6.45) is 5.45. The summed E-state index contributed by atoms with van der Waals surface area (Å²) < 4.78 is 15.0. The molecular formula is C16H19FN4O2. The smallest absolute Gasteiger partial charge is 0.319 e. The van der Waals surface area contributed by atoms with Crippen LogP contribution in [0.15, 0.2) is 36.7 Å². The molecule has 7 heteroatoms. The van der Waals surface area contributed by atoms with Gasteiger partial charge in [0.25, 0.3) is 0 Å². The van der Waals surface area contributed by atoms with Crippen molar-refractivity contribution in [3.8, 4) is 5.69 Å². The molecule has 23 heavy (non-hydrogen) atoms. The van der Waals surface area contributed by atoms with Gasteiger partial charge in [0.05, 0.1) is 17.5 Å². The van der Waals surface area contributed by atoms with E-state index < -0.39 is 11.8 Å². The van der Waals surface area contributed by atoms with Crippen LogP contribution < -0.4 is 10.6 Å². The highest BCUT2D eigenvalue weighted by Crippen LogP contribution is 2.25. The first-order chi connectivity index (χ1) is 11.1. The normalized spacial score (nSPS) is 20.4. The molecule has 1 aromatic heterocycles. The molecule has 0 radical (unpaired) electrons. The van der Waals surface area contributed by atoms with E-state index in [1.54, 1.807) is 29.2 Å². The van der Waals surface area contributed by atoms with Gasteiger partial charge in [-0.25, -0.2) is 13.9 Å². The molecule has 2 amide bonds. The van der Waals surface area contributed by atoms with Gasteiger partial charge in [-0.1, -0.05) is 0 Å². The van der Waals surface area contributed by atoms with Crippen LogP contribution in [0.1, 0.15) is 19.3 Å². The van der Waals surface area contributed by atoms with Crippen LogP contribution in [-0.2, 0) is 0 Å². The maximum atomic E-state index is 13.5. The number of carbonyl (C=O) groups excluding carboxylic acids is 1. The Labute approximate surface area is 133 Å². The van der Waals surface area contributed by atoms with Crippen molar-refractivity contribution in [3.63, 3.8) is 0 Å². The van der Waals surface area contributed by atoms with E-state index >= 15 is 0 Å². The predicted molar refractivity (Wildman–Crippen MR) is 83.9 cm³/mol. The minimum absolute atomic E-state index is 0.264. The molecule has 0 bridgehead atoms. The third-order valence-electron chi connectivity index (χ3n) is 4.02. The number of anilines is 1. The van der Waals surface area contributed by atoms with Crippen LogP contribution in [0.25, 0.3) is 5.69 Å². The second-order valence-electron chi connectivity index (χ2n) is 5.78. The van der Waals surface area contributed by atoms with Crippen molar-refractivity contribution in [2.24, 2.45) is 5.92 Å². The van der Waals surface area contributed by atoms with Gasteiger partial charge in [0.15, 0.2) is 0 Å². The number of amides is 2. The Hall–Kier alpha value is -2.41. The van der Waals surface area contributed by atoms with Gasteiger partial charge in [0.2, 0.25) is 0 Å². The van der Waals surface area contributed by atoms with Crippen LogP contribution in [0, 0.1) is 11.7 Å². The second-order valence-corrected chi connectivity index (χ2v) is 5.78. The zero-order valence-corrected chi connectivity index (χ0v) is 12.6. The largest absolute Gasteiger partial charge is 0.393 e. The molecule has 1 heterocycles. The van der Waals surface area contributed by atoms with E-state index in [1.807, 2.05) is 0 Å². The molecule has 3 N–H and O–H groups in total. The highest BCUT2D eigenvalue weighted by Gasteiger charge is 2.23. The highest BCUT2D eigenvalue weighted by atomic mass is 19.1. The average Bonchev–Trinajstić information content (AvgIpc) is 3.17. The molecule has 0 saturated heterocycles. The van der Waals surface area contributed by atoms with Crippen molar-refractivity contribution in [3.05, 3.63) is 42.5 Å². The van der Waals surface area contributed by atoms with Gasteiger partial charge in [-0.3, -0.25) is 0 Å². The minimum Gasteiger partial charge on any atom is -0.393 e. The fourth-order valence-electron chi connectivity index (χ4n) is 2.86. The summed E-state index contributed by atoms with van der Waals surface area (Å²) in [6, 6.07) is 5.49. The summed E-state index contributed by atoms with van der Waals surface area (Å²) in [5.74, 6) is -0.149. The van der Waals surface area contributed by atoms with Crippen LogP contribution in [0.2, 0.25) is 0 Å². The molecule has 0 aliphatic heterocycles. The lowest BCUT2D eigenvalue weighted by molar-refractivity contribution is 0.177. The first-order valence-electron chi connectivity index (χ1n) is 7.64. The van der Waals surface area contributed by atoms with Crippen LogP contribution in [0.5, 0.6) is 0 Å². The lowest BCUT2D eigenvalue weighted by Gasteiger charge is -2.14. The summed E-state index contributed by atoms with van der Waals surface area (Å²) in [5, 5.41) is 19.0. The zero-order valence-electron chi connectivity index (χ0n) is 12.6. The summed E-state index contributed by atoms with van der Waals surface area (Å²) in [5.41, 5.74) is 0.931. The first-order valence-corrected chi connectivity index (χ1v) is 7.64. The van der Waals surface area contributed by atoms with E-state index in [0.717, 1.165) is 12.8 Å². The Balaban J connectivity index is 1.65. The predicted octanol–water partition coefficient (Wildman–Crippen LogP) is 2.29. The Morgan fingerprint density at radius 3 is 3.00 bits per heavy atom. The van der Waals surface area contributed by atoms with E-state index in [-0.39, 0.29) is 12.0 Å². The summed E-state index contributed by atoms with van der Waals surface area (Å²) in [6.45, 7) is 0.495. The molecule has 6 nitrogen and oxygen atoms in total. The van der Waals surface area contributed by atoms with E-state index in [2.05, 4.69) is 15.7 Å². The van der Waals surface area contributed by atoms with Crippen LogP contribution in [0.4, 0.5) is 14.9 Å². The number of nitrogens with zero attached hydrogens (tertiary/aromatic N) is 2.